The first-order valence-electron chi connectivity index (χ1n) is 3.52. The molecule has 1 aliphatic rings. The Morgan fingerprint density at radius 3 is 2.11 bits per heavy atom. The third-order valence-corrected chi connectivity index (χ3v) is 2.12. The average Bonchev–Trinajstić information content (AvgIpc) is 2.39. The van der Waals surface area contributed by atoms with E-state index in [0.29, 0.717) is 11.3 Å². The third kappa shape index (κ3) is 1.27. The lowest BCUT2D eigenvalue weighted by Crippen LogP contribution is -2.08. The molecule has 0 nitrogen and oxygen atoms in total. The molecular formula is C9H14. The fourth-order valence-corrected chi connectivity index (χ4v) is 1.34. The molecule has 2 atom stereocenters. The van der Waals surface area contributed by atoms with E-state index in [-0.39, 0.29) is 0 Å². The maximum Gasteiger partial charge on any atom is 0.0237 e. The van der Waals surface area contributed by atoms with Crippen LogP contribution in [0.2, 0.25) is 0 Å². The molecular weight excluding hydrogens is 108 g/mol. The minimum absolute atomic E-state index is 0.442. The molecule has 0 aliphatic heterocycles. The van der Waals surface area contributed by atoms with E-state index in [2.05, 4.69) is 26.7 Å². The molecule has 0 aromatic carbocycles. The molecule has 0 bridgehead atoms. The van der Waals surface area contributed by atoms with Crippen LogP contribution in [0, 0.1) is 29.6 Å². The summed E-state index contributed by atoms with van der Waals surface area (Å²) in [6.45, 7) is 6.78. The number of rotatable bonds is 0. The van der Waals surface area contributed by atoms with Crippen LogP contribution in [-0.2, 0) is 0 Å². The Balaban J connectivity index is 2.45. The van der Waals surface area contributed by atoms with Crippen LogP contribution in [-0.4, -0.2) is 0 Å². The molecule has 0 N–H and O–H groups in total. The summed E-state index contributed by atoms with van der Waals surface area (Å²) in [5, 5.41) is 0. The second kappa shape index (κ2) is 1.77. The first-order chi connectivity index (χ1) is 4.05. The highest BCUT2D eigenvalue weighted by molar-refractivity contribution is 5.10. The van der Waals surface area contributed by atoms with Crippen LogP contribution >= 0.6 is 0 Å². The van der Waals surface area contributed by atoms with Gasteiger partial charge in [0.05, 0.1) is 0 Å². The Hall–Kier alpha value is -0.440. The molecule has 1 aliphatic carbocycles. The molecule has 0 spiro atoms. The van der Waals surface area contributed by atoms with Crippen molar-refractivity contribution in [1.82, 2.24) is 0 Å². The standard InChI is InChI=1S/C9H14/c1-5-7-6-8(7)9(2,3)4/h1,7-8H,6H2,2-4H3/t7-,8+/m1/s1. The summed E-state index contributed by atoms with van der Waals surface area (Å²) >= 11 is 0. The molecule has 50 valence electrons. The van der Waals surface area contributed by atoms with Crippen molar-refractivity contribution in [3.05, 3.63) is 0 Å². The first kappa shape index (κ1) is 6.68. The van der Waals surface area contributed by atoms with Gasteiger partial charge in [0, 0.05) is 5.92 Å². The summed E-state index contributed by atoms with van der Waals surface area (Å²) in [4.78, 5) is 0. The van der Waals surface area contributed by atoms with E-state index in [1.165, 1.54) is 6.42 Å². The Morgan fingerprint density at radius 1 is 1.44 bits per heavy atom. The SMILES string of the molecule is C#C[C@@H]1C[C@@H]1C(C)(C)C. The van der Waals surface area contributed by atoms with Gasteiger partial charge in [0.15, 0.2) is 0 Å². The quantitative estimate of drug-likeness (QED) is 0.432. The summed E-state index contributed by atoms with van der Waals surface area (Å²) < 4.78 is 0. The van der Waals surface area contributed by atoms with Crippen molar-refractivity contribution in [3.8, 4) is 12.3 Å². The van der Waals surface area contributed by atoms with Crippen LogP contribution in [0.15, 0.2) is 0 Å². The van der Waals surface area contributed by atoms with Crippen LogP contribution in [0.1, 0.15) is 27.2 Å². The smallest absolute Gasteiger partial charge is 0.0237 e. The molecule has 0 unspecified atom stereocenters. The van der Waals surface area contributed by atoms with Crippen molar-refractivity contribution in [1.29, 1.82) is 0 Å². The van der Waals surface area contributed by atoms with Crippen molar-refractivity contribution in [2.45, 2.75) is 27.2 Å². The largest absolute Gasteiger partial charge is 0.120 e. The zero-order valence-corrected chi connectivity index (χ0v) is 6.44. The predicted molar refractivity (Wildman–Crippen MR) is 39.9 cm³/mol. The summed E-state index contributed by atoms with van der Waals surface area (Å²) in [5.74, 6) is 4.18. The second-order valence-electron chi connectivity index (χ2n) is 3.98. The van der Waals surface area contributed by atoms with E-state index in [9.17, 15) is 0 Å². The predicted octanol–water partition coefficient (Wildman–Crippen LogP) is 2.30. The number of hydrogen-bond acceptors (Lipinski definition) is 0. The van der Waals surface area contributed by atoms with E-state index >= 15 is 0 Å². The van der Waals surface area contributed by atoms with Gasteiger partial charge in [-0.1, -0.05) is 20.8 Å². The van der Waals surface area contributed by atoms with Gasteiger partial charge in [0.2, 0.25) is 0 Å². The molecule has 0 aromatic rings. The van der Waals surface area contributed by atoms with E-state index in [4.69, 9.17) is 6.42 Å². The fourth-order valence-electron chi connectivity index (χ4n) is 1.34. The number of hydrogen-bond donors (Lipinski definition) is 0. The zero-order chi connectivity index (χ0) is 7.07. The van der Waals surface area contributed by atoms with Crippen molar-refractivity contribution in [2.24, 2.45) is 17.3 Å². The molecule has 1 rings (SSSR count). The maximum atomic E-state index is 5.27. The van der Waals surface area contributed by atoms with Gasteiger partial charge in [-0.2, -0.15) is 0 Å². The van der Waals surface area contributed by atoms with Gasteiger partial charge in [-0.3, -0.25) is 0 Å². The van der Waals surface area contributed by atoms with Gasteiger partial charge in [-0.25, -0.2) is 0 Å². The second-order valence-corrected chi connectivity index (χ2v) is 3.98. The monoisotopic (exact) mass is 122 g/mol. The maximum absolute atomic E-state index is 5.27. The van der Waals surface area contributed by atoms with Crippen LogP contribution in [0.3, 0.4) is 0 Å². The molecule has 9 heavy (non-hydrogen) atoms. The lowest BCUT2D eigenvalue weighted by molar-refractivity contribution is 0.341. The van der Waals surface area contributed by atoms with Crippen LogP contribution in [0.4, 0.5) is 0 Å². The van der Waals surface area contributed by atoms with Crippen molar-refractivity contribution >= 4 is 0 Å². The molecule has 0 radical (unpaired) electrons. The van der Waals surface area contributed by atoms with Gasteiger partial charge >= 0.3 is 0 Å². The summed E-state index contributed by atoms with van der Waals surface area (Å²) in [5.41, 5.74) is 0.442. The molecule has 0 heteroatoms. The van der Waals surface area contributed by atoms with Gasteiger partial charge in [-0.05, 0) is 17.8 Å². The highest BCUT2D eigenvalue weighted by atomic mass is 14.5. The first-order valence-corrected chi connectivity index (χ1v) is 3.52. The van der Waals surface area contributed by atoms with E-state index in [0.717, 1.165) is 5.92 Å². The minimum Gasteiger partial charge on any atom is -0.120 e. The summed E-state index contributed by atoms with van der Waals surface area (Å²) in [6.07, 6.45) is 6.52. The lowest BCUT2D eigenvalue weighted by Gasteiger charge is -2.16. The molecule has 0 amide bonds. The summed E-state index contributed by atoms with van der Waals surface area (Å²) in [7, 11) is 0. The van der Waals surface area contributed by atoms with E-state index in [1.807, 2.05) is 0 Å². The van der Waals surface area contributed by atoms with Gasteiger partial charge in [0.25, 0.3) is 0 Å². The van der Waals surface area contributed by atoms with Crippen LogP contribution in [0.25, 0.3) is 0 Å². The van der Waals surface area contributed by atoms with Gasteiger partial charge < -0.3 is 0 Å². The van der Waals surface area contributed by atoms with Gasteiger partial charge in [-0.15, -0.1) is 12.3 Å². The van der Waals surface area contributed by atoms with E-state index < -0.39 is 0 Å². The Bertz CT molecular complexity index is 142. The Morgan fingerprint density at radius 2 is 2.00 bits per heavy atom. The Labute approximate surface area is 57.7 Å². The average molecular weight is 122 g/mol. The highest BCUT2D eigenvalue weighted by Crippen LogP contribution is 2.49. The third-order valence-electron chi connectivity index (χ3n) is 2.12. The molecule has 1 fully saturated rings. The normalized spacial score (nSPS) is 33.6. The Kier molecular flexibility index (Phi) is 1.31. The molecule has 0 heterocycles. The van der Waals surface area contributed by atoms with Crippen molar-refractivity contribution in [2.75, 3.05) is 0 Å². The molecule has 1 saturated carbocycles. The van der Waals surface area contributed by atoms with E-state index in [1.54, 1.807) is 0 Å². The molecule has 0 saturated heterocycles. The summed E-state index contributed by atoms with van der Waals surface area (Å²) in [6, 6.07) is 0. The minimum atomic E-state index is 0.442. The van der Waals surface area contributed by atoms with Crippen LogP contribution in [0.5, 0.6) is 0 Å². The zero-order valence-electron chi connectivity index (χ0n) is 6.44. The number of terminal acetylenes is 1. The van der Waals surface area contributed by atoms with Crippen LogP contribution < -0.4 is 0 Å². The topological polar surface area (TPSA) is 0 Å². The van der Waals surface area contributed by atoms with Gasteiger partial charge in [0.1, 0.15) is 0 Å². The highest BCUT2D eigenvalue weighted by Gasteiger charge is 2.43. The molecule has 0 aromatic heterocycles. The lowest BCUT2D eigenvalue weighted by atomic mass is 9.89. The van der Waals surface area contributed by atoms with Crippen molar-refractivity contribution in [3.63, 3.8) is 0 Å². The fraction of sp³-hybridized carbons (Fsp3) is 0.778. The van der Waals surface area contributed by atoms with Crippen molar-refractivity contribution < 1.29 is 0 Å².